The van der Waals surface area contributed by atoms with Crippen molar-refractivity contribution in [3.05, 3.63) is 11.9 Å². The maximum atomic E-state index is 13.2. The van der Waals surface area contributed by atoms with Gasteiger partial charge in [-0.3, -0.25) is 19.2 Å². The maximum Gasteiger partial charge on any atom is 0.410 e. The van der Waals surface area contributed by atoms with Crippen LogP contribution in [0.4, 0.5) is 18.9 Å². The minimum Gasteiger partial charge on any atom is -0.481 e. The van der Waals surface area contributed by atoms with E-state index in [2.05, 4.69) is 5.10 Å². The number of carboxylic acids is 1. The fraction of sp³-hybridized carbons (Fsp3) is 0.545. The Balaban J connectivity index is 2.63. The van der Waals surface area contributed by atoms with Crippen LogP contribution >= 0.6 is 0 Å². The van der Waals surface area contributed by atoms with Gasteiger partial charge in [0.25, 0.3) is 0 Å². The highest BCUT2D eigenvalue weighted by atomic mass is 19.4. The van der Waals surface area contributed by atoms with Gasteiger partial charge >= 0.3 is 12.1 Å². The van der Waals surface area contributed by atoms with E-state index in [4.69, 9.17) is 5.11 Å². The Bertz CT molecular complexity index is 567. The average Bonchev–Trinajstić information content (AvgIpc) is 2.67. The molecule has 2 rings (SSSR count). The first-order valence-electron chi connectivity index (χ1n) is 5.74. The largest absolute Gasteiger partial charge is 0.481 e. The van der Waals surface area contributed by atoms with Crippen molar-refractivity contribution in [1.82, 2.24) is 9.78 Å². The van der Waals surface area contributed by atoms with Gasteiger partial charge in [0.1, 0.15) is 6.04 Å². The van der Waals surface area contributed by atoms with Crippen LogP contribution in [0.25, 0.3) is 0 Å². The molecule has 1 aliphatic heterocycles. The van der Waals surface area contributed by atoms with Gasteiger partial charge in [-0.05, 0) is 0 Å². The Hall–Kier alpha value is -2.06. The fourth-order valence-corrected chi connectivity index (χ4v) is 2.50. The van der Waals surface area contributed by atoms with Crippen molar-refractivity contribution in [2.45, 2.75) is 25.6 Å². The molecule has 0 fully saturated rings. The van der Waals surface area contributed by atoms with Crippen molar-refractivity contribution < 1.29 is 27.9 Å². The van der Waals surface area contributed by atoms with Crippen LogP contribution in [0.5, 0.6) is 0 Å². The minimum absolute atomic E-state index is 0.0137. The molecule has 0 saturated heterocycles. The smallest absolute Gasteiger partial charge is 0.410 e. The molecule has 6 nitrogen and oxygen atoms in total. The number of aryl methyl sites for hydroxylation is 1. The van der Waals surface area contributed by atoms with E-state index in [0.717, 1.165) is 13.1 Å². The number of rotatable bonds is 1. The Morgan fingerprint density at radius 1 is 1.45 bits per heavy atom. The van der Waals surface area contributed by atoms with Crippen molar-refractivity contribution >= 4 is 17.6 Å². The highest BCUT2D eigenvalue weighted by Crippen LogP contribution is 2.41. The van der Waals surface area contributed by atoms with Crippen LogP contribution in [0.1, 0.15) is 12.6 Å². The zero-order valence-electron chi connectivity index (χ0n) is 10.7. The Labute approximate surface area is 111 Å². The highest BCUT2D eigenvalue weighted by molar-refractivity contribution is 5.95. The molecular weight excluding hydrogens is 279 g/mol. The first kappa shape index (κ1) is 14.4. The van der Waals surface area contributed by atoms with Gasteiger partial charge < -0.3 is 5.11 Å². The molecule has 0 radical (unpaired) electrons. The molecule has 0 bridgehead atoms. The van der Waals surface area contributed by atoms with Crippen molar-refractivity contribution in [2.75, 3.05) is 4.90 Å². The third-order valence-corrected chi connectivity index (χ3v) is 3.36. The number of aliphatic carboxylic acids is 1. The number of fused-ring (bicyclic) bond motifs is 1. The first-order chi connectivity index (χ1) is 9.14. The lowest BCUT2D eigenvalue weighted by Crippen LogP contribution is -2.57. The molecule has 0 aliphatic carbocycles. The van der Waals surface area contributed by atoms with Crippen LogP contribution in [0.15, 0.2) is 6.20 Å². The Morgan fingerprint density at radius 2 is 2.05 bits per heavy atom. The Kier molecular flexibility index (Phi) is 3.23. The molecule has 0 spiro atoms. The van der Waals surface area contributed by atoms with Gasteiger partial charge in [-0.25, -0.2) is 0 Å². The number of halogens is 3. The molecular formula is C11H12F3N3O3. The second-order valence-electron chi connectivity index (χ2n) is 4.62. The minimum atomic E-state index is -4.83. The monoisotopic (exact) mass is 291 g/mol. The molecule has 2 heterocycles. The third kappa shape index (κ3) is 2.12. The maximum absolute atomic E-state index is 13.2. The number of nitrogens with zero attached hydrogens (tertiary/aromatic N) is 3. The summed E-state index contributed by atoms with van der Waals surface area (Å²) in [5.41, 5.74) is 0.313. The normalized spacial score (nSPS) is 22.6. The molecule has 1 amide bonds. The summed E-state index contributed by atoms with van der Waals surface area (Å²) in [6.07, 6.45) is -4.01. The number of carbonyl (C=O) groups excluding carboxylic acids is 1. The quantitative estimate of drug-likeness (QED) is 0.836. The van der Waals surface area contributed by atoms with Crippen LogP contribution < -0.4 is 4.90 Å². The summed E-state index contributed by atoms with van der Waals surface area (Å²) in [6.45, 7) is 0.972. The van der Waals surface area contributed by atoms with E-state index in [0.29, 0.717) is 10.6 Å². The van der Waals surface area contributed by atoms with Crippen molar-refractivity contribution in [3.8, 4) is 0 Å². The standard InChI is InChI=1S/C11H12F3N3O3/c1-5(18)17-8-4-15-16(2)7(8)3-6(10(19)20)9(17)11(12,13)14/h4,6,9H,3H2,1-2H3,(H,19,20). The van der Waals surface area contributed by atoms with Gasteiger partial charge in [0.15, 0.2) is 0 Å². The number of carboxylic acid groups (broad SMARTS) is 1. The van der Waals surface area contributed by atoms with Crippen molar-refractivity contribution in [2.24, 2.45) is 13.0 Å². The number of alkyl halides is 3. The second-order valence-corrected chi connectivity index (χ2v) is 4.62. The zero-order chi connectivity index (χ0) is 15.2. The predicted molar refractivity (Wildman–Crippen MR) is 61.0 cm³/mol. The Morgan fingerprint density at radius 3 is 2.50 bits per heavy atom. The van der Waals surface area contributed by atoms with Crippen LogP contribution in [0, 0.1) is 5.92 Å². The molecule has 1 aromatic rings. The molecule has 1 N–H and O–H groups in total. The van der Waals surface area contributed by atoms with Gasteiger partial charge in [0.2, 0.25) is 5.91 Å². The summed E-state index contributed by atoms with van der Waals surface area (Å²) in [7, 11) is 1.49. The summed E-state index contributed by atoms with van der Waals surface area (Å²) in [5.74, 6) is -4.21. The van der Waals surface area contributed by atoms with E-state index in [9.17, 15) is 22.8 Å². The van der Waals surface area contributed by atoms with Gasteiger partial charge in [0.05, 0.1) is 23.5 Å². The molecule has 0 aromatic carbocycles. The van der Waals surface area contributed by atoms with Gasteiger partial charge in [-0.1, -0.05) is 0 Å². The topological polar surface area (TPSA) is 75.4 Å². The van der Waals surface area contributed by atoms with Crippen LogP contribution in [0.3, 0.4) is 0 Å². The van der Waals surface area contributed by atoms with Crippen LogP contribution in [-0.2, 0) is 23.1 Å². The first-order valence-corrected chi connectivity index (χ1v) is 5.74. The lowest BCUT2D eigenvalue weighted by molar-refractivity contribution is -0.176. The van der Waals surface area contributed by atoms with E-state index in [1.165, 1.54) is 11.7 Å². The molecule has 2 unspecified atom stereocenters. The fourth-order valence-electron chi connectivity index (χ4n) is 2.50. The molecule has 1 aromatic heterocycles. The number of hydrogen-bond donors (Lipinski definition) is 1. The van der Waals surface area contributed by atoms with Crippen molar-refractivity contribution in [1.29, 1.82) is 0 Å². The summed E-state index contributed by atoms with van der Waals surface area (Å²) < 4.78 is 40.8. The SMILES string of the molecule is CC(=O)N1c2cnn(C)c2CC(C(=O)O)C1C(F)(F)F. The molecule has 0 saturated carbocycles. The third-order valence-electron chi connectivity index (χ3n) is 3.36. The van der Waals surface area contributed by atoms with E-state index in [1.54, 1.807) is 0 Å². The summed E-state index contributed by atoms with van der Waals surface area (Å²) >= 11 is 0. The van der Waals surface area contributed by atoms with E-state index in [-0.39, 0.29) is 12.1 Å². The second kappa shape index (κ2) is 4.50. The number of carbonyl (C=O) groups is 2. The molecule has 20 heavy (non-hydrogen) atoms. The number of hydrogen-bond acceptors (Lipinski definition) is 3. The van der Waals surface area contributed by atoms with Crippen LogP contribution in [0.2, 0.25) is 0 Å². The van der Waals surface area contributed by atoms with E-state index < -0.39 is 30.0 Å². The number of anilines is 1. The van der Waals surface area contributed by atoms with Crippen LogP contribution in [-0.4, -0.2) is 39.0 Å². The van der Waals surface area contributed by atoms with Gasteiger partial charge in [-0.15, -0.1) is 0 Å². The summed E-state index contributed by atoms with van der Waals surface area (Å²) in [5, 5.41) is 12.9. The number of amides is 1. The van der Waals surface area contributed by atoms with Gasteiger partial charge in [-0.2, -0.15) is 18.3 Å². The molecule has 2 atom stereocenters. The molecule has 110 valence electrons. The number of aromatic nitrogens is 2. The molecule has 1 aliphatic rings. The average molecular weight is 291 g/mol. The molecule has 9 heteroatoms. The lowest BCUT2D eigenvalue weighted by atomic mass is 9.88. The van der Waals surface area contributed by atoms with E-state index >= 15 is 0 Å². The summed E-state index contributed by atoms with van der Waals surface area (Å²) in [4.78, 5) is 23.2. The van der Waals surface area contributed by atoms with E-state index in [1.807, 2.05) is 0 Å². The van der Waals surface area contributed by atoms with Gasteiger partial charge in [0, 0.05) is 20.4 Å². The predicted octanol–water partition coefficient (Wildman–Crippen LogP) is 0.961. The lowest BCUT2D eigenvalue weighted by Gasteiger charge is -2.39. The zero-order valence-corrected chi connectivity index (χ0v) is 10.7. The summed E-state index contributed by atoms with van der Waals surface area (Å²) in [6, 6.07) is -2.38. The highest BCUT2D eigenvalue weighted by Gasteiger charge is 2.55. The van der Waals surface area contributed by atoms with Crippen molar-refractivity contribution in [3.63, 3.8) is 0 Å².